The molecule has 0 aliphatic carbocycles. The molecule has 8 heteroatoms. The number of hydrogen-bond acceptors (Lipinski definition) is 5. The van der Waals surface area contributed by atoms with Crippen LogP contribution in [-0.4, -0.2) is 26.0 Å². The van der Waals surface area contributed by atoms with E-state index in [9.17, 15) is 4.79 Å². The number of hydrogen-bond donors (Lipinski definition) is 2. The van der Waals surface area contributed by atoms with Gasteiger partial charge in [0, 0.05) is 0 Å². The molecule has 1 unspecified atom stereocenters. The maximum atomic E-state index is 12.1. The first-order valence-electron chi connectivity index (χ1n) is 5.88. The van der Waals surface area contributed by atoms with Crippen molar-refractivity contribution in [2.24, 2.45) is 0 Å². The predicted octanol–water partition coefficient (Wildman–Crippen LogP) is 2.07. The van der Waals surface area contributed by atoms with Gasteiger partial charge in [0.2, 0.25) is 11.1 Å². The van der Waals surface area contributed by atoms with Gasteiger partial charge in [-0.1, -0.05) is 35.5 Å². The van der Waals surface area contributed by atoms with Crippen molar-refractivity contribution in [3.05, 3.63) is 35.1 Å². The van der Waals surface area contributed by atoms with Crippen molar-refractivity contribution < 1.29 is 4.79 Å². The number of para-hydroxylation sites is 1. The molecule has 0 spiro atoms. The summed E-state index contributed by atoms with van der Waals surface area (Å²) < 4.78 is 1.35. The third-order valence-electron chi connectivity index (χ3n) is 2.62. The number of aryl methyl sites for hydroxylation is 1. The molecule has 0 bridgehead atoms. The van der Waals surface area contributed by atoms with Crippen molar-refractivity contribution in [2.75, 3.05) is 11.2 Å². The molecule has 0 radical (unpaired) electrons. The molecule has 2 rings (SSSR count). The first kappa shape index (κ1) is 14.7. The number of halogens is 1. The van der Waals surface area contributed by atoms with E-state index in [1.165, 1.54) is 16.4 Å². The van der Waals surface area contributed by atoms with Gasteiger partial charge in [-0.3, -0.25) is 4.79 Å². The van der Waals surface area contributed by atoms with Gasteiger partial charge in [0.05, 0.1) is 16.0 Å². The average Bonchev–Trinajstić information content (AvgIpc) is 2.73. The van der Waals surface area contributed by atoms with Crippen LogP contribution in [0.15, 0.2) is 29.4 Å². The van der Waals surface area contributed by atoms with Gasteiger partial charge in [-0.2, -0.15) is 0 Å². The van der Waals surface area contributed by atoms with E-state index in [2.05, 4.69) is 15.5 Å². The SMILES string of the molecule is Cc1nnc(SC(C)C(=O)Nc2ccccc2Cl)n1N. The van der Waals surface area contributed by atoms with Gasteiger partial charge in [0.25, 0.3) is 0 Å². The summed E-state index contributed by atoms with van der Waals surface area (Å²) in [5.74, 6) is 6.16. The number of nitrogen functional groups attached to an aromatic ring is 1. The Morgan fingerprint density at radius 2 is 2.15 bits per heavy atom. The Hall–Kier alpha value is -1.73. The first-order chi connectivity index (χ1) is 9.49. The van der Waals surface area contributed by atoms with Gasteiger partial charge in [0.1, 0.15) is 5.82 Å². The summed E-state index contributed by atoms with van der Waals surface area (Å²) in [6.07, 6.45) is 0. The van der Waals surface area contributed by atoms with Crippen molar-refractivity contribution >= 4 is 35.0 Å². The molecule has 3 N–H and O–H groups in total. The van der Waals surface area contributed by atoms with Gasteiger partial charge in [-0.25, -0.2) is 4.68 Å². The highest BCUT2D eigenvalue weighted by atomic mass is 35.5. The number of amides is 1. The van der Waals surface area contributed by atoms with Crippen LogP contribution in [0.1, 0.15) is 12.7 Å². The number of nitrogens with two attached hydrogens (primary N) is 1. The first-order valence-corrected chi connectivity index (χ1v) is 7.14. The van der Waals surface area contributed by atoms with E-state index in [4.69, 9.17) is 17.4 Å². The molecule has 20 heavy (non-hydrogen) atoms. The summed E-state index contributed by atoms with van der Waals surface area (Å²) >= 11 is 7.23. The molecule has 1 aromatic carbocycles. The van der Waals surface area contributed by atoms with Crippen LogP contribution in [0.3, 0.4) is 0 Å². The summed E-state index contributed by atoms with van der Waals surface area (Å²) in [5, 5.41) is 11.1. The van der Waals surface area contributed by atoms with Crippen LogP contribution in [0.5, 0.6) is 0 Å². The van der Waals surface area contributed by atoms with Crippen molar-refractivity contribution in [1.82, 2.24) is 14.9 Å². The lowest BCUT2D eigenvalue weighted by atomic mass is 10.3. The molecule has 0 aliphatic heterocycles. The smallest absolute Gasteiger partial charge is 0.237 e. The Labute approximate surface area is 125 Å². The van der Waals surface area contributed by atoms with E-state index >= 15 is 0 Å². The molecule has 1 atom stereocenters. The maximum Gasteiger partial charge on any atom is 0.237 e. The van der Waals surface area contributed by atoms with E-state index in [1.807, 2.05) is 0 Å². The zero-order valence-corrected chi connectivity index (χ0v) is 12.6. The van der Waals surface area contributed by atoms with Gasteiger partial charge in [-0.05, 0) is 26.0 Å². The highest BCUT2D eigenvalue weighted by Crippen LogP contribution is 2.24. The van der Waals surface area contributed by atoms with E-state index in [-0.39, 0.29) is 11.2 Å². The van der Waals surface area contributed by atoms with Gasteiger partial charge in [0.15, 0.2) is 0 Å². The number of nitrogens with one attached hydrogen (secondary N) is 1. The molecule has 0 saturated heterocycles. The number of rotatable bonds is 4. The van der Waals surface area contributed by atoms with Crippen LogP contribution >= 0.6 is 23.4 Å². The van der Waals surface area contributed by atoms with Crippen LogP contribution in [0, 0.1) is 6.92 Å². The fourth-order valence-corrected chi connectivity index (χ4v) is 2.44. The Bertz CT molecular complexity index is 630. The minimum Gasteiger partial charge on any atom is -0.336 e. The third-order valence-corrected chi connectivity index (χ3v) is 4.00. The summed E-state index contributed by atoms with van der Waals surface area (Å²) in [5.41, 5.74) is 0.581. The van der Waals surface area contributed by atoms with Gasteiger partial charge >= 0.3 is 0 Å². The molecule has 0 saturated carbocycles. The second-order valence-electron chi connectivity index (χ2n) is 4.13. The Kier molecular flexibility index (Phi) is 4.51. The van der Waals surface area contributed by atoms with Crippen molar-refractivity contribution in [1.29, 1.82) is 0 Å². The maximum absolute atomic E-state index is 12.1. The zero-order valence-electron chi connectivity index (χ0n) is 11.0. The van der Waals surface area contributed by atoms with Crippen molar-refractivity contribution in [3.63, 3.8) is 0 Å². The monoisotopic (exact) mass is 311 g/mol. The number of nitrogens with zero attached hydrogens (tertiary/aromatic N) is 3. The minimum absolute atomic E-state index is 0.177. The lowest BCUT2D eigenvalue weighted by Crippen LogP contribution is -2.23. The highest BCUT2D eigenvalue weighted by Gasteiger charge is 2.19. The topological polar surface area (TPSA) is 85.8 Å². The molecule has 2 aromatic rings. The second kappa shape index (κ2) is 6.15. The molecule has 0 aliphatic rings. The molecule has 106 valence electrons. The fraction of sp³-hybridized carbons (Fsp3) is 0.250. The lowest BCUT2D eigenvalue weighted by Gasteiger charge is -2.12. The highest BCUT2D eigenvalue weighted by molar-refractivity contribution is 8.00. The number of carbonyl (C=O) groups is 1. The van der Waals surface area contributed by atoms with E-state index in [1.54, 1.807) is 38.1 Å². The van der Waals surface area contributed by atoms with Crippen LogP contribution in [0.25, 0.3) is 0 Å². The van der Waals surface area contributed by atoms with Gasteiger partial charge in [-0.15, -0.1) is 10.2 Å². The van der Waals surface area contributed by atoms with E-state index in [0.29, 0.717) is 21.7 Å². The lowest BCUT2D eigenvalue weighted by molar-refractivity contribution is -0.115. The Balaban J connectivity index is 2.03. The fourth-order valence-electron chi connectivity index (χ4n) is 1.44. The number of carbonyl (C=O) groups excluding carboxylic acids is 1. The van der Waals surface area contributed by atoms with E-state index < -0.39 is 0 Å². The number of aromatic nitrogens is 3. The van der Waals surface area contributed by atoms with Crippen molar-refractivity contribution in [2.45, 2.75) is 24.3 Å². The van der Waals surface area contributed by atoms with Crippen LogP contribution in [-0.2, 0) is 4.79 Å². The largest absolute Gasteiger partial charge is 0.336 e. The molecular weight excluding hydrogens is 298 g/mol. The Morgan fingerprint density at radius 3 is 2.75 bits per heavy atom. The van der Waals surface area contributed by atoms with Crippen LogP contribution < -0.4 is 11.2 Å². The summed E-state index contributed by atoms with van der Waals surface area (Å²) in [6.45, 7) is 3.51. The molecule has 1 heterocycles. The minimum atomic E-state index is -0.378. The molecule has 1 aromatic heterocycles. The van der Waals surface area contributed by atoms with Crippen LogP contribution in [0.4, 0.5) is 5.69 Å². The normalized spacial score (nSPS) is 12.2. The summed E-state index contributed by atoms with van der Waals surface area (Å²) in [7, 11) is 0. The van der Waals surface area contributed by atoms with E-state index in [0.717, 1.165) is 0 Å². The number of anilines is 1. The Morgan fingerprint density at radius 1 is 1.45 bits per heavy atom. The predicted molar refractivity (Wildman–Crippen MR) is 80.3 cm³/mol. The van der Waals surface area contributed by atoms with Crippen molar-refractivity contribution in [3.8, 4) is 0 Å². The molecule has 0 fully saturated rings. The van der Waals surface area contributed by atoms with Crippen LogP contribution in [0.2, 0.25) is 5.02 Å². The summed E-state index contributed by atoms with van der Waals surface area (Å²) in [6, 6.07) is 7.07. The molecule has 6 nitrogen and oxygen atoms in total. The second-order valence-corrected chi connectivity index (χ2v) is 5.84. The third kappa shape index (κ3) is 3.23. The summed E-state index contributed by atoms with van der Waals surface area (Å²) in [4.78, 5) is 12.1. The standard InChI is InChI=1S/C12H14ClN5OS/c1-7(20-12-17-16-8(2)18(12)14)11(19)15-10-6-4-3-5-9(10)13/h3-7H,14H2,1-2H3,(H,15,19). The average molecular weight is 312 g/mol. The molecular formula is C12H14ClN5OS. The zero-order chi connectivity index (χ0) is 14.7. The van der Waals surface area contributed by atoms with Gasteiger partial charge < -0.3 is 11.2 Å². The number of thioether (sulfide) groups is 1. The quantitative estimate of drug-likeness (QED) is 0.667. The number of benzene rings is 1. The molecule has 1 amide bonds.